The largest absolute Gasteiger partial charge is 0.458 e. The van der Waals surface area contributed by atoms with Crippen LogP contribution < -0.4 is 0 Å². The van der Waals surface area contributed by atoms with Gasteiger partial charge in [-0.15, -0.1) is 0 Å². The first-order valence-electron chi connectivity index (χ1n) is 9.20. The van der Waals surface area contributed by atoms with Crippen LogP contribution in [0.4, 0.5) is 0 Å². The maximum atomic E-state index is 12.5. The van der Waals surface area contributed by atoms with E-state index >= 15 is 0 Å². The second-order valence-electron chi connectivity index (χ2n) is 8.28. The minimum atomic E-state index is -0.239. The van der Waals surface area contributed by atoms with Crippen LogP contribution in [-0.4, -0.2) is 21.9 Å². The molecular weight excluding hydrogens is 288 g/mol. The first-order valence-corrected chi connectivity index (χ1v) is 9.20. The van der Waals surface area contributed by atoms with Gasteiger partial charge in [-0.05, 0) is 64.9 Å². The Morgan fingerprint density at radius 1 is 1.30 bits per heavy atom. The summed E-state index contributed by atoms with van der Waals surface area (Å²) >= 11 is 0. The van der Waals surface area contributed by atoms with Gasteiger partial charge in [0, 0.05) is 11.6 Å². The first-order chi connectivity index (χ1) is 10.9. The summed E-state index contributed by atoms with van der Waals surface area (Å²) in [5, 5.41) is 4.59. The first kappa shape index (κ1) is 16.5. The lowest BCUT2D eigenvalue weighted by molar-refractivity contribution is 0.0132. The zero-order valence-corrected chi connectivity index (χ0v) is 15.0. The van der Waals surface area contributed by atoms with Crippen LogP contribution in [0.5, 0.6) is 0 Å². The molecule has 0 aromatic carbocycles. The zero-order chi connectivity index (χ0) is 16.6. The van der Waals surface area contributed by atoms with Gasteiger partial charge < -0.3 is 4.74 Å². The number of hydrogen-bond acceptors (Lipinski definition) is 3. The lowest BCUT2D eigenvalue weighted by Gasteiger charge is -2.27. The number of aromatic nitrogens is 2. The van der Waals surface area contributed by atoms with E-state index in [0.717, 1.165) is 12.8 Å². The maximum absolute atomic E-state index is 12.5. The second-order valence-corrected chi connectivity index (χ2v) is 8.28. The lowest BCUT2D eigenvalue weighted by Crippen LogP contribution is -2.27. The van der Waals surface area contributed by atoms with E-state index in [-0.39, 0.29) is 17.6 Å². The third kappa shape index (κ3) is 3.78. The Bertz CT molecular complexity index is 566. The molecule has 0 bridgehead atoms. The lowest BCUT2D eigenvalue weighted by atomic mass is 9.85. The average molecular weight is 318 g/mol. The van der Waals surface area contributed by atoms with Gasteiger partial charge in [0.2, 0.25) is 0 Å². The van der Waals surface area contributed by atoms with Crippen molar-refractivity contribution >= 4 is 5.97 Å². The summed E-state index contributed by atoms with van der Waals surface area (Å²) in [6, 6.07) is 1.96. The number of carbonyl (C=O) groups excluding carboxylic acids is 1. The molecule has 0 radical (unpaired) electrons. The Labute approximate surface area is 139 Å². The quantitative estimate of drug-likeness (QED) is 0.760. The summed E-state index contributed by atoms with van der Waals surface area (Å²) in [4.78, 5) is 12.5. The summed E-state index contributed by atoms with van der Waals surface area (Å²) in [6.07, 6.45) is 8.11. The fourth-order valence-electron chi connectivity index (χ4n) is 3.63. The van der Waals surface area contributed by atoms with Crippen molar-refractivity contribution in [1.29, 1.82) is 0 Å². The predicted octanol–water partition coefficient (Wildman–Crippen LogP) is 4.64. The molecule has 1 aromatic rings. The minimum Gasteiger partial charge on any atom is -0.458 e. The summed E-state index contributed by atoms with van der Waals surface area (Å²) in [6.45, 7) is 8.62. The van der Waals surface area contributed by atoms with E-state index < -0.39 is 0 Å². The summed E-state index contributed by atoms with van der Waals surface area (Å²) in [7, 11) is 0. The van der Waals surface area contributed by atoms with Crippen molar-refractivity contribution in [2.75, 3.05) is 0 Å². The van der Waals surface area contributed by atoms with Crippen molar-refractivity contribution in [2.24, 2.45) is 5.92 Å². The van der Waals surface area contributed by atoms with Crippen molar-refractivity contribution in [3.8, 4) is 0 Å². The predicted molar refractivity (Wildman–Crippen MR) is 90.7 cm³/mol. The van der Waals surface area contributed by atoms with Gasteiger partial charge in [-0.25, -0.2) is 4.79 Å². The van der Waals surface area contributed by atoms with Crippen LogP contribution in [0.15, 0.2) is 6.07 Å². The zero-order valence-electron chi connectivity index (χ0n) is 15.0. The molecule has 128 valence electrons. The number of rotatable bonds is 4. The Morgan fingerprint density at radius 3 is 2.65 bits per heavy atom. The normalized spacial score (nSPS) is 25.4. The minimum absolute atomic E-state index is 0.0744. The molecule has 1 heterocycles. The van der Waals surface area contributed by atoms with E-state index in [4.69, 9.17) is 4.74 Å². The number of ether oxygens (including phenoxy) is 1. The Balaban J connectivity index is 1.72. The third-order valence-electron chi connectivity index (χ3n) is 5.16. The van der Waals surface area contributed by atoms with Crippen molar-refractivity contribution in [3.63, 3.8) is 0 Å². The van der Waals surface area contributed by atoms with E-state index in [2.05, 4.69) is 32.8 Å². The molecule has 1 aromatic heterocycles. The van der Waals surface area contributed by atoms with Gasteiger partial charge in [-0.2, -0.15) is 5.10 Å². The molecule has 0 saturated heterocycles. The van der Waals surface area contributed by atoms with E-state index in [1.165, 1.54) is 37.8 Å². The molecule has 2 fully saturated rings. The highest BCUT2D eigenvalue weighted by Gasteiger charge is 2.33. The van der Waals surface area contributed by atoms with Gasteiger partial charge in [0.25, 0.3) is 0 Å². The fraction of sp³-hybridized carbons (Fsp3) is 0.789. The molecule has 2 saturated carbocycles. The molecule has 4 nitrogen and oxygen atoms in total. The molecule has 23 heavy (non-hydrogen) atoms. The van der Waals surface area contributed by atoms with Crippen molar-refractivity contribution in [1.82, 2.24) is 9.78 Å². The SMILES string of the molecule is CCC1CCCC(OC(=O)c2cc(C3CC3)n(C(C)(C)C)n2)C1. The van der Waals surface area contributed by atoms with Crippen LogP contribution in [0.1, 0.15) is 94.7 Å². The molecule has 0 amide bonds. The molecule has 2 aliphatic carbocycles. The Hall–Kier alpha value is -1.32. The van der Waals surface area contributed by atoms with E-state index in [0.29, 0.717) is 17.5 Å². The van der Waals surface area contributed by atoms with Crippen LogP contribution in [0, 0.1) is 5.92 Å². The molecular formula is C19H30N2O2. The second kappa shape index (κ2) is 6.29. The smallest absolute Gasteiger partial charge is 0.359 e. The standard InChI is InChI=1S/C19H30N2O2/c1-5-13-7-6-8-15(11-13)23-18(22)16-12-17(14-9-10-14)21(20-16)19(2,3)4/h12-15H,5-11H2,1-4H3. The van der Waals surface area contributed by atoms with Gasteiger partial charge in [-0.3, -0.25) is 4.68 Å². The number of nitrogens with zero attached hydrogens (tertiary/aromatic N) is 2. The third-order valence-corrected chi connectivity index (χ3v) is 5.16. The average Bonchev–Trinajstić information content (AvgIpc) is 3.24. The Morgan fingerprint density at radius 2 is 2.04 bits per heavy atom. The maximum Gasteiger partial charge on any atom is 0.359 e. The van der Waals surface area contributed by atoms with Gasteiger partial charge in [-0.1, -0.05) is 19.8 Å². The molecule has 0 N–H and O–H groups in total. The van der Waals surface area contributed by atoms with E-state index in [1.807, 2.05) is 10.7 Å². The molecule has 3 rings (SSSR count). The molecule has 2 aliphatic rings. The molecule has 4 heteroatoms. The van der Waals surface area contributed by atoms with Gasteiger partial charge in [0.1, 0.15) is 6.10 Å². The molecule has 0 aliphatic heterocycles. The monoisotopic (exact) mass is 318 g/mol. The van der Waals surface area contributed by atoms with Crippen LogP contribution in [0.25, 0.3) is 0 Å². The van der Waals surface area contributed by atoms with Crippen LogP contribution in [-0.2, 0) is 10.3 Å². The highest BCUT2D eigenvalue weighted by molar-refractivity contribution is 5.87. The van der Waals surface area contributed by atoms with Gasteiger partial charge >= 0.3 is 5.97 Å². The number of esters is 1. The number of carbonyl (C=O) groups is 1. The molecule has 2 unspecified atom stereocenters. The fourth-order valence-corrected chi connectivity index (χ4v) is 3.63. The summed E-state index contributed by atoms with van der Waals surface area (Å²) in [5.41, 5.74) is 1.58. The summed E-state index contributed by atoms with van der Waals surface area (Å²) in [5.74, 6) is 1.04. The summed E-state index contributed by atoms with van der Waals surface area (Å²) < 4.78 is 7.80. The van der Waals surface area contributed by atoms with Crippen LogP contribution >= 0.6 is 0 Å². The van der Waals surface area contributed by atoms with Crippen molar-refractivity contribution in [3.05, 3.63) is 17.5 Å². The molecule has 0 spiro atoms. The van der Waals surface area contributed by atoms with Gasteiger partial charge in [0.05, 0.1) is 5.54 Å². The van der Waals surface area contributed by atoms with Crippen molar-refractivity contribution in [2.45, 2.75) is 90.2 Å². The number of hydrogen-bond donors (Lipinski definition) is 0. The highest BCUT2D eigenvalue weighted by atomic mass is 16.5. The molecule has 2 atom stereocenters. The topological polar surface area (TPSA) is 44.1 Å². The van der Waals surface area contributed by atoms with E-state index in [1.54, 1.807) is 0 Å². The van der Waals surface area contributed by atoms with Crippen LogP contribution in [0.2, 0.25) is 0 Å². The highest BCUT2D eigenvalue weighted by Crippen LogP contribution is 2.42. The van der Waals surface area contributed by atoms with E-state index in [9.17, 15) is 4.79 Å². The Kier molecular flexibility index (Phi) is 4.52. The van der Waals surface area contributed by atoms with Crippen LogP contribution in [0.3, 0.4) is 0 Å². The van der Waals surface area contributed by atoms with Gasteiger partial charge in [0.15, 0.2) is 5.69 Å². The van der Waals surface area contributed by atoms with Crippen molar-refractivity contribution < 1.29 is 9.53 Å².